The van der Waals surface area contributed by atoms with Crippen LogP contribution in [0.4, 0.5) is 0 Å². The van der Waals surface area contributed by atoms with Crippen molar-refractivity contribution < 1.29 is 9.63 Å². The molecule has 0 atom stereocenters. The van der Waals surface area contributed by atoms with Gasteiger partial charge in [0, 0.05) is 42.7 Å². The first-order chi connectivity index (χ1) is 11.3. The maximum Gasteiger partial charge on any atom is 0.224 e. The minimum absolute atomic E-state index is 0.225. The maximum atomic E-state index is 12.5. The third-order valence-corrected chi connectivity index (χ3v) is 4.89. The second kappa shape index (κ2) is 6.34. The minimum Gasteiger partial charge on any atom is -0.357 e. The Labute approximate surface area is 136 Å². The molecule has 0 unspecified atom stereocenters. The van der Waals surface area contributed by atoms with Gasteiger partial charge in [0.1, 0.15) is 0 Å². The molecule has 3 heterocycles. The topological polar surface area (TPSA) is 48.6 Å². The molecule has 122 valence electrons. The van der Waals surface area contributed by atoms with Crippen molar-refractivity contribution in [2.24, 2.45) is 0 Å². The molecule has 2 aliphatic rings. The van der Waals surface area contributed by atoms with Crippen molar-refractivity contribution in [3.8, 4) is 0 Å². The van der Waals surface area contributed by atoms with E-state index in [0.717, 1.165) is 39.0 Å². The molecule has 23 heavy (non-hydrogen) atoms. The first-order valence-electron chi connectivity index (χ1n) is 8.55. The van der Waals surface area contributed by atoms with E-state index < -0.39 is 0 Å². The number of amides is 1. The standard InChI is InChI=1S/C18H23N3O2/c22-18(8-11-21-9-3-4-12-23-21)20-10-7-15-14-5-1-2-6-16(14)19-17(15)13-20/h1-2,5-6,19H,3-4,7-13H2. The molecule has 5 heteroatoms. The lowest BCUT2D eigenvalue weighted by Crippen LogP contribution is -2.39. The van der Waals surface area contributed by atoms with Crippen LogP contribution in [0.25, 0.3) is 10.9 Å². The normalized spacial score (nSPS) is 19.0. The monoisotopic (exact) mass is 313 g/mol. The third kappa shape index (κ3) is 2.99. The fourth-order valence-corrected chi connectivity index (χ4v) is 3.61. The molecule has 1 saturated heterocycles. The lowest BCUT2D eigenvalue weighted by Gasteiger charge is -2.29. The van der Waals surface area contributed by atoms with Gasteiger partial charge >= 0.3 is 0 Å². The van der Waals surface area contributed by atoms with Crippen LogP contribution in [0.5, 0.6) is 0 Å². The highest BCUT2D eigenvalue weighted by Gasteiger charge is 2.24. The Balaban J connectivity index is 1.40. The number of carbonyl (C=O) groups excluding carboxylic acids is 1. The molecule has 1 N–H and O–H groups in total. The highest BCUT2D eigenvalue weighted by Crippen LogP contribution is 2.27. The van der Waals surface area contributed by atoms with Crippen LogP contribution in [0.3, 0.4) is 0 Å². The summed E-state index contributed by atoms with van der Waals surface area (Å²) in [4.78, 5) is 23.5. The largest absolute Gasteiger partial charge is 0.357 e. The SMILES string of the molecule is O=C(CCN1CCCCO1)N1CCc2c([nH]c3ccccc23)C1. The van der Waals surface area contributed by atoms with Crippen LogP contribution >= 0.6 is 0 Å². The van der Waals surface area contributed by atoms with Gasteiger partial charge in [0.2, 0.25) is 5.91 Å². The fraction of sp³-hybridized carbons (Fsp3) is 0.500. The van der Waals surface area contributed by atoms with Gasteiger partial charge in [-0.15, -0.1) is 0 Å². The zero-order chi connectivity index (χ0) is 15.6. The van der Waals surface area contributed by atoms with Crippen molar-refractivity contribution in [3.05, 3.63) is 35.5 Å². The molecule has 1 amide bonds. The molecule has 1 aromatic heterocycles. The van der Waals surface area contributed by atoms with Gasteiger partial charge in [-0.05, 0) is 30.9 Å². The molecule has 1 fully saturated rings. The first kappa shape index (κ1) is 14.7. The summed E-state index contributed by atoms with van der Waals surface area (Å²) in [6.45, 7) is 3.95. The predicted molar refractivity (Wildman–Crippen MR) is 88.8 cm³/mol. The Morgan fingerprint density at radius 3 is 3.00 bits per heavy atom. The highest BCUT2D eigenvalue weighted by molar-refractivity contribution is 5.85. The second-order valence-corrected chi connectivity index (χ2v) is 6.41. The average Bonchev–Trinajstić information content (AvgIpc) is 2.98. The summed E-state index contributed by atoms with van der Waals surface area (Å²) in [5.41, 5.74) is 3.75. The molecule has 0 aliphatic carbocycles. The third-order valence-electron chi connectivity index (χ3n) is 4.89. The molecule has 0 saturated carbocycles. The minimum atomic E-state index is 0.225. The fourth-order valence-electron chi connectivity index (χ4n) is 3.61. The van der Waals surface area contributed by atoms with Gasteiger partial charge in [0.05, 0.1) is 13.2 Å². The molecule has 0 bridgehead atoms. The number of aromatic nitrogens is 1. The molecule has 0 spiro atoms. The molecular weight excluding hydrogens is 290 g/mol. The van der Waals surface area contributed by atoms with Crippen molar-refractivity contribution in [2.75, 3.05) is 26.2 Å². The number of aromatic amines is 1. The lowest BCUT2D eigenvalue weighted by atomic mass is 10.0. The van der Waals surface area contributed by atoms with Crippen LogP contribution in [-0.4, -0.2) is 47.1 Å². The predicted octanol–water partition coefficient (Wildman–Crippen LogP) is 2.47. The molecule has 0 radical (unpaired) electrons. The number of hydroxylamine groups is 2. The number of hydrogen-bond donors (Lipinski definition) is 1. The number of carbonyl (C=O) groups is 1. The van der Waals surface area contributed by atoms with Gasteiger partial charge in [-0.1, -0.05) is 18.2 Å². The Morgan fingerprint density at radius 1 is 1.22 bits per heavy atom. The van der Waals surface area contributed by atoms with Crippen molar-refractivity contribution in [1.29, 1.82) is 0 Å². The molecule has 2 aromatic rings. The Morgan fingerprint density at radius 2 is 2.13 bits per heavy atom. The number of benzene rings is 1. The van der Waals surface area contributed by atoms with E-state index in [4.69, 9.17) is 4.84 Å². The van der Waals surface area contributed by atoms with Crippen LogP contribution in [0.1, 0.15) is 30.5 Å². The average molecular weight is 313 g/mol. The number of nitrogens with zero attached hydrogens (tertiary/aromatic N) is 2. The molecule has 2 aliphatic heterocycles. The van der Waals surface area contributed by atoms with E-state index >= 15 is 0 Å². The summed E-state index contributed by atoms with van der Waals surface area (Å²) >= 11 is 0. The Kier molecular flexibility index (Phi) is 4.06. The molecule has 1 aromatic carbocycles. The van der Waals surface area contributed by atoms with Crippen LogP contribution < -0.4 is 0 Å². The van der Waals surface area contributed by atoms with Crippen LogP contribution in [0.2, 0.25) is 0 Å². The zero-order valence-electron chi connectivity index (χ0n) is 13.4. The van der Waals surface area contributed by atoms with E-state index in [9.17, 15) is 4.79 Å². The highest BCUT2D eigenvalue weighted by atomic mass is 16.7. The van der Waals surface area contributed by atoms with E-state index in [1.54, 1.807) is 0 Å². The summed E-state index contributed by atoms with van der Waals surface area (Å²) < 4.78 is 0. The summed E-state index contributed by atoms with van der Waals surface area (Å²) in [6, 6.07) is 8.39. The van der Waals surface area contributed by atoms with E-state index in [1.165, 1.54) is 22.2 Å². The van der Waals surface area contributed by atoms with Crippen LogP contribution in [-0.2, 0) is 22.6 Å². The second-order valence-electron chi connectivity index (χ2n) is 6.41. The summed E-state index contributed by atoms with van der Waals surface area (Å²) in [6.07, 6.45) is 3.76. The van der Waals surface area contributed by atoms with Gasteiger partial charge < -0.3 is 9.88 Å². The van der Waals surface area contributed by atoms with Gasteiger partial charge in [0.15, 0.2) is 0 Å². The first-order valence-corrected chi connectivity index (χ1v) is 8.55. The van der Waals surface area contributed by atoms with Gasteiger partial charge in [-0.25, -0.2) is 0 Å². The van der Waals surface area contributed by atoms with Crippen molar-refractivity contribution >= 4 is 16.8 Å². The van der Waals surface area contributed by atoms with Gasteiger partial charge in [-0.2, -0.15) is 5.06 Å². The van der Waals surface area contributed by atoms with Crippen molar-refractivity contribution in [1.82, 2.24) is 14.9 Å². The van der Waals surface area contributed by atoms with Crippen molar-refractivity contribution in [3.63, 3.8) is 0 Å². The van der Waals surface area contributed by atoms with Crippen molar-refractivity contribution in [2.45, 2.75) is 32.2 Å². The number of para-hydroxylation sites is 1. The smallest absolute Gasteiger partial charge is 0.224 e. The summed E-state index contributed by atoms with van der Waals surface area (Å²) in [5.74, 6) is 0.225. The zero-order valence-corrected chi connectivity index (χ0v) is 13.4. The molecular formula is C18H23N3O2. The van der Waals surface area contributed by atoms with Crippen LogP contribution in [0.15, 0.2) is 24.3 Å². The number of H-pyrrole nitrogens is 1. The maximum absolute atomic E-state index is 12.5. The number of hydrogen-bond acceptors (Lipinski definition) is 3. The van der Waals surface area contributed by atoms with E-state index in [-0.39, 0.29) is 5.91 Å². The number of rotatable bonds is 3. The molecule has 5 nitrogen and oxygen atoms in total. The number of fused-ring (bicyclic) bond motifs is 3. The van der Waals surface area contributed by atoms with Gasteiger partial charge in [0.25, 0.3) is 0 Å². The summed E-state index contributed by atoms with van der Waals surface area (Å²) in [5, 5.41) is 3.25. The van der Waals surface area contributed by atoms with Gasteiger partial charge in [-0.3, -0.25) is 9.63 Å². The van der Waals surface area contributed by atoms with E-state index in [1.807, 2.05) is 16.0 Å². The van der Waals surface area contributed by atoms with E-state index in [0.29, 0.717) is 19.5 Å². The van der Waals surface area contributed by atoms with E-state index in [2.05, 4.69) is 23.2 Å². The lowest BCUT2D eigenvalue weighted by molar-refractivity contribution is -0.182. The quantitative estimate of drug-likeness (QED) is 0.947. The Bertz CT molecular complexity index is 703. The number of nitrogens with one attached hydrogen (secondary N) is 1. The Hall–Kier alpha value is -1.85. The molecule has 4 rings (SSSR count). The van der Waals surface area contributed by atoms with Crippen LogP contribution in [0, 0.1) is 0 Å². The summed E-state index contributed by atoms with van der Waals surface area (Å²) in [7, 11) is 0.